The predicted molar refractivity (Wildman–Crippen MR) is 92.6 cm³/mol. The van der Waals surface area contributed by atoms with Gasteiger partial charge in [-0.05, 0) is 50.8 Å². The minimum Gasteiger partial charge on any atom is -0.295 e. The molecule has 0 amide bonds. The summed E-state index contributed by atoms with van der Waals surface area (Å²) in [6, 6.07) is 0. The zero-order valence-corrected chi connectivity index (χ0v) is 13.8. The summed E-state index contributed by atoms with van der Waals surface area (Å²) in [5.74, 6) is 0.353. The summed E-state index contributed by atoms with van der Waals surface area (Å²) in [5.41, 5.74) is 3.93. The SMILES string of the molecule is CC(=O)C(C)=CC=CC=CC=CC(C)=CC1=C(C)C(=O)CC1. The molecule has 0 N–H and O–H groups in total. The Bertz CT molecular complexity index is 620. The Kier molecular flexibility index (Phi) is 7.24. The molecule has 0 saturated heterocycles. The van der Waals surface area contributed by atoms with Gasteiger partial charge in [0.1, 0.15) is 0 Å². The highest BCUT2D eigenvalue weighted by atomic mass is 16.1. The average Bonchev–Trinajstić information content (AvgIpc) is 2.77. The van der Waals surface area contributed by atoms with Crippen molar-refractivity contribution in [2.24, 2.45) is 0 Å². The molecule has 0 radical (unpaired) electrons. The Morgan fingerprint density at radius 2 is 1.59 bits per heavy atom. The van der Waals surface area contributed by atoms with E-state index in [4.69, 9.17) is 0 Å². The summed E-state index contributed by atoms with van der Waals surface area (Å²) in [6.45, 7) is 7.29. The van der Waals surface area contributed by atoms with Crippen LogP contribution in [0.4, 0.5) is 0 Å². The Labute approximate surface area is 133 Å². The van der Waals surface area contributed by atoms with Crippen LogP contribution in [-0.4, -0.2) is 11.6 Å². The normalized spacial score (nSPS) is 17.7. The second kappa shape index (κ2) is 8.93. The van der Waals surface area contributed by atoms with Crippen LogP contribution in [0.15, 0.2) is 70.9 Å². The molecule has 0 atom stereocenters. The first-order chi connectivity index (χ1) is 10.4. The maximum atomic E-state index is 11.5. The molecule has 1 aliphatic carbocycles. The van der Waals surface area contributed by atoms with Crippen LogP contribution in [0.2, 0.25) is 0 Å². The molecule has 0 fully saturated rings. The molecule has 0 heterocycles. The lowest BCUT2D eigenvalue weighted by Gasteiger charge is -1.96. The topological polar surface area (TPSA) is 34.1 Å². The van der Waals surface area contributed by atoms with Gasteiger partial charge in [-0.2, -0.15) is 0 Å². The molecule has 0 aromatic rings. The molecule has 0 aliphatic heterocycles. The molecule has 0 saturated carbocycles. The largest absolute Gasteiger partial charge is 0.295 e. The minimum absolute atomic E-state index is 0.0873. The van der Waals surface area contributed by atoms with Gasteiger partial charge in [-0.3, -0.25) is 9.59 Å². The maximum absolute atomic E-state index is 11.5. The van der Waals surface area contributed by atoms with Crippen molar-refractivity contribution < 1.29 is 9.59 Å². The van der Waals surface area contributed by atoms with Crippen LogP contribution in [0.3, 0.4) is 0 Å². The zero-order chi connectivity index (χ0) is 16.5. The van der Waals surface area contributed by atoms with E-state index < -0.39 is 0 Å². The number of rotatable bonds is 6. The van der Waals surface area contributed by atoms with Crippen LogP contribution in [-0.2, 0) is 9.59 Å². The van der Waals surface area contributed by atoms with Crippen LogP contribution < -0.4 is 0 Å². The van der Waals surface area contributed by atoms with Crippen molar-refractivity contribution in [1.29, 1.82) is 0 Å². The van der Waals surface area contributed by atoms with E-state index in [1.54, 1.807) is 19.9 Å². The van der Waals surface area contributed by atoms with E-state index in [1.807, 2.05) is 50.3 Å². The minimum atomic E-state index is 0.0873. The molecule has 0 unspecified atom stereocenters. The van der Waals surface area contributed by atoms with Crippen LogP contribution in [0.25, 0.3) is 0 Å². The highest BCUT2D eigenvalue weighted by Gasteiger charge is 2.16. The Hall–Kier alpha value is -2.22. The van der Waals surface area contributed by atoms with Gasteiger partial charge >= 0.3 is 0 Å². The monoisotopic (exact) mass is 296 g/mol. The number of carbonyl (C=O) groups is 2. The fourth-order valence-electron chi connectivity index (χ4n) is 2.02. The summed E-state index contributed by atoms with van der Waals surface area (Å²) >= 11 is 0. The lowest BCUT2D eigenvalue weighted by molar-refractivity contribution is -0.115. The van der Waals surface area contributed by atoms with Crippen molar-refractivity contribution in [3.05, 3.63) is 70.9 Å². The fourth-order valence-corrected chi connectivity index (χ4v) is 2.02. The Morgan fingerprint density at radius 3 is 2.18 bits per heavy atom. The van der Waals surface area contributed by atoms with E-state index in [2.05, 4.69) is 6.08 Å². The van der Waals surface area contributed by atoms with Crippen molar-refractivity contribution in [3.8, 4) is 0 Å². The number of allylic oxidation sites excluding steroid dienone is 12. The first kappa shape index (κ1) is 17.8. The van der Waals surface area contributed by atoms with Crippen molar-refractivity contribution in [2.45, 2.75) is 40.5 Å². The number of ketones is 2. The summed E-state index contributed by atoms with van der Waals surface area (Å²) in [5, 5.41) is 0. The van der Waals surface area contributed by atoms with E-state index in [9.17, 15) is 9.59 Å². The van der Waals surface area contributed by atoms with Crippen molar-refractivity contribution in [3.63, 3.8) is 0 Å². The summed E-state index contributed by atoms with van der Waals surface area (Å²) in [6.07, 6.45) is 17.0. The molecule has 0 aromatic carbocycles. The van der Waals surface area contributed by atoms with Gasteiger partial charge in [0.25, 0.3) is 0 Å². The average molecular weight is 296 g/mol. The van der Waals surface area contributed by atoms with Crippen molar-refractivity contribution >= 4 is 11.6 Å². The summed E-state index contributed by atoms with van der Waals surface area (Å²) in [7, 11) is 0. The molecule has 0 spiro atoms. The molecule has 22 heavy (non-hydrogen) atoms. The highest BCUT2D eigenvalue weighted by molar-refractivity contribution is 5.98. The Morgan fingerprint density at radius 1 is 0.955 bits per heavy atom. The van der Waals surface area contributed by atoms with Gasteiger partial charge in [0.05, 0.1) is 0 Å². The van der Waals surface area contributed by atoms with E-state index in [0.717, 1.165) is 28.7 Å². The molecule has 116 valence electrons. The standard InChI is InChI=1S/C20H24O2/c1-15(14-19-12-13-20(22)17(19)3)10-8-6-5-7-9-11-16(2)18(4)21/h5-11,14H,12-13H2,1-4H3. The third-order valence-electron chi connectivity index (χ3n) is 3.63. The number of Topliss-reactive ketones (excluding diaryl/α,β-unsaturated/α-hetero) is 2. The highest BCUT2D eigenvalue weighted by Crippen LogP contribution is 2.24. The van der Waals surface area contributed by atoms with E-state index >= 15 is 0 Å². The Balaban J connectivity index is 2.54. The quantitative estimate of drug-likeness (QED) is 0.520. The van der Waals surface area contributed by atoms with Gasteiger partial charge in [-0.15, -0.1) is 0 Å². The molecule has 2 heteroatoms. The van der Waals surface area contributed by atoms with Crippen LogP contribution in [0.5, 0.6) is 0 Å². The maximum Gasteiger partial charge on any atom is 0.159 e. The van der Waals surface area contributed by atoms with Gasteiger partial charge in [0, 0.05) is 6.42 Å². The van der Waals surface area contributed by atoms with Crippen molar-refractivity contribution in [1.82, 2.24) is 0 Å². The molecule has 0 bridgehead atoms. The molecule has 2 nitrogen and oxygen atoms in total. The van der Waals surface area contributed by atoms with Gasteiger partial charge in [-0.25, -0.2) is 0 Å². The first-order valence-corrected chi connectivity index (χ1v) is 7.52. The van der Waals surface area contributed by atoms with Gasteiger partial charge in [-0.1, -0.05) is 54.2 Å². The molecular weight excluding hydrogens is 272 g/mol. The smallest absolute Gasteiger partial charge is 0.159 e. The first-order valence-electron chi connectivity index (χ1n) is 7.52. The number of carbonyl (C=O) groups excluding carboxylic acids is 2. The second-order valence-electron chi connectivity index (χ2n) is 5.50. The molecular formula is C20H24O2. The lowest BCUT2D eigenvalue weighted by Crippen LogP contribution is -1.89. The van der Waals surface area contributed by atoms with Gasteiger partial charge in [0.2, 0.25) is 0 Å². The molecule has 0 aromatic heterocycles. The molecule has 1 aliphatic rings. The van der Waals surface area contributed by atoms with Gasteiger partial charge in [0.15, 0.2) is 11.6 Å². The number of hydrogen-bond donors (Lipinski definition) is 0. The fraction of sp³-hybridized carbons (Fsp3) is 0.300. The van der Waals surface area contributed by atoms with Crippen LogP contribution >= 0.6 is 0 Å². The van der Waals surface area contributed by atoms with Gasteiger partial charge < -0.3 is 0 Å². The van der Waals surface area contributed by atoms with Crippen LogP contribution in [0, 0.1) is 0 Å². The van der Waals surface area contributed by atoms with E-state index in [1.165, 1.54) is 0 Å². The zero-order valence-electron chi connectivity index (χ0n) is 13.8. The van der Waals surface area contributed by atoms with E-state index in [0.29, 0.717) is 6.42 Å². The summed E-state index contributed by atoms with van der Waals surface area (Å²) < 4.78 is 0. The summed E-state index contributed by atoms with van der Waals surface area (Å²) in [4.78, 5) is 22.5. The number of hydrogen-bond acceptors (Lipinski definition) is 2. The van der Waals surface area contributed by atoms with Crippen molar-refractivity contribution in [2.75, 3.05) is 0 Å². The third kappa shape index (κ3) is 6.04. The van der Waals surface area contributed by atoms with Crippen LogP contribution in [0.1, 0.15) is 40.5 Å². The lowest BCUT2D eigenvalue weighted by atomic mass is 10.1. The molecule has 1 rings (SSSR count). The second-order valence-corrected chi connectivity index (χ2v) is 5.50. The third-order valence-corrected chi connectivity index (χ3v) is 3.63. The predicted octanol–water partition coefficient (Wildman–Crippen LogP) is 4.82. The van der Waals surface area contributed by atoms with E-state index in [-0.39, 0.29) is 11.6 Å².